The van der Waals surface area contributed by atoms with E-state index in [-0.39, 0.29) is 0 Å². The van der Waals surface area contributed by atoms with Gasteiger partial charge in [0, 0.05) is 12.3 Å². The molecule has 0 spiro atoms. The number of hydrogen-bond donors (Lipinski definition) is 2. The van der Waals surface area contributed by atoms with E-state index in [0.29, 0.717) is 18.2 Å². The summed E-state index contributed by atoms with van der Waals surface area (Å²) in [6, 6.07) is 0. The fourth-order valence-corrected chi connectivity index (χ4v) is 4.50. The molecule has 1 fully saturated rings. The highest BCUT2D eigenvalue weighted by molar-refractivity contribution is 7.58. The third kappa shape index (κ3) is 6.02. The Morgan fingerprint density at radius 1 is 1.33 bits per heavy atom. The van der Waals surface area contributed by atoms with Crippen LogP contribution < -0.4 is 5.09 Å². The topological polar surface area (TPSA) is 49.3 Å². The van der Waals surface area contributed by atoms with Gasteiger partial charge in [-0.2, -0.15) is 0 Å². The zero-order valence-corrected chi connectivity index (χ0v) is 11.4. The van der Waals surface area contributed by atoms with Crippen molar-refractivity contribution in [2.45, 2.75) is 38.5 Å². The molecule has 5 heteroatoms. The lowest BCUT2D eigenvalue weighted by molar-refractivity contribution is 0.372. The van der Waals surface area contributed by atoms with Crippen LogP contribution in [0.15, 0.2) is 0 Å². The van der Waals surface area contributed by atoms with Gasteiger partial charge in [0.15, 0.2) is 0 Å². The maximum Gasteiger partial charge on any atom is 0.200 e. The third-order valence-electron chi connectivity index (χ3n) is 3.10. The van der Waals surface area contributed by atoms with E-state index in [9.17, 15) is 9.46 Å². The molecule has 1 aliphatic rings. The third-order valence-corrected chi connectivity index (χ3v) is 5.49. The standard InChI is InChI=1S/C10H23NO2P2/c12-15(13,8-4-7-11-14)9-10-5-2-1-3-6-10/h10-11H,1-9,14H2,(H,12,13). The molecule has 0 saturated heterocycles. The van der Waals surface area contributed by atoms with Gasteiger partial charge < -0.3 is 9.98 Å². The number of nitrogens with one attached hydrogen (secondary N) is 1. The fourth-order valence-electron chi connectivity index (χ4n) is 2.29. The molecule has 1 aliphatic carbocycles. The Kier molecular flexibility index (Phi) is 6.38. The van der Waals surface area contributed by atoms with Crippen LogP contribution in [0.4, 0.5) is 0 Å². The summed E-state index contributed by atoms with van der Waals surface area (Å²) >= 11 is 0. The van der Waals surface area contributed by atoms with Crippen LogP contribution in [0.5, 0.6) is 0 Å². The van der Waals surface area contributed by atoms with E-state index < -0.39 is 7.37 Å². The molecular formula is C10H23NO2P2. The zero-order chi connectivity index (χ0) is 11.1. The van der Waals surface area contributed by atoms with Crippen LogP contribution in [0.3, 0.4) is 0 Å². The van der Waals surface area contributed by atoms with Gasteiger partial charge in [-0.3, -0.25) is 4.57 Å². The van der Waals surface area contributed by atoms with E-state index in [4.69, 9.17) is 0 Å². The van der Waals surface area contributed by atoms with Gasteiger partial charge in [-0.1, -0.05) is 28.7 Å². The van der Waals surface area contributed by atoms with E-state index in [1.165, 1.54) is 19.3 Å². The molecule has 2 unspecified atom stereocenters. The number of hydrogen-bond acceptors (Lipinski definition) is 2. The Morgan fingerprint density at radius 2 is 2.00 bits per heavy atom. The summed E-state index contributed by atoms with van der Waals surface area (Å²) in [7, 11) is -0.421. The van der Waals surface area contributed by atoms with Crippen LogP contribution in [-0.4, -0.2) is 23.8 Å². The maximum atomic E-state index is 11.9. The van der Waals surface area contributed by atoms with Gasteiger partial charge in [-0.25, -0.2) is 0 Å². The summed E-state index contributed by atoms with van der Waals surface area (Å²) in [5, 5.41) is 2.93. The van der Waals surface area contributed by atoms with E-state index in [0.717, 1.165) is 25.8 Å². The normalized spacial score (nSPS) is 22.5. The minimum absolute atomic E-state index is 0.477. The predicted octanol–water partition coefficient (Wildman–Crippen LogP) is 2.61. The average molecular weight is 251 g/mol. The molecule has 2 N–H and O–H groups in total. The predicted molar refractivity (Wildman–Crippen MR) is 68.5 cm³/mol. The molecule has 0 bridgehead atoms. The van der Waals surface area contributed by atoms with Crippen molar-refractivity contribution in [1.29, 1.82) is 0 Å². The molecule has 0 aliphatic heterocycles. The van der Waals surface area contributed by atoms with Crippen molar-refractivity contribution in [3.8, 4) is 0 Å². The second kappa shape index (κ2) is 7.01. The van der Waals surface area contributed by atoms with Crippen molar-refractivity contribution in [1.82, 2.24) is 5.09 Å². The summed E-state index contributed by atoms with van der Waals surface area (Å²) in [5.74, 6) is 0.513. The Bertz CT molecular complexity index is 217. The smallest absolute Gasteiger partial charge is 0.200 e. The summed E-state index contributed by atoms with van der Waals surface area (Å²) in [6.07, 6.45) is 7.95. The highest BCUT2D eigenvalue weighted by Gasteiger charge is 2.24. The Balaban J connectivity index is 2.24. The molecule has 1 saturated carbocycles. The van der Waals surface area contributed by atoms with Crippen molar-refractivity contribution in [2.24, 2.45) is 5.92 Å². The minimum Gasteiger partial charge on any atom is -0.344 e. The maximum absolute atomic E-state index is 11.9. The molecule has 15 heavy (non-hydrogen) atoms. The van der Waals surface area contributed by atoms with Crippen LogP contribution >= 0.6 is 16.8 Å². The van der Waals surface area contributed by atoms with Crippen LogP contribution in [0.1, 0.15) is 38.5 Å². The van der Waals surface area contributed by atoms with E-state index >= 15 is 0 Å². The molecule has 0 amide bonds. The van der Waals surface area contributed by atoms with Crippen molar-refractivity contribution in [2.75, 3.05) is 18.9 Å². The van der Waals surface area contributed by atoms with Gasteiger partial charge in [0.05, 0.1) is 0 Å². The van der Waals surface area contributed by atoms with Gasteiger partial charge in [-0.15, -0.1) is 0 Å². The van der Waals surface area contributed by atoms with Gasteiger partial charge in [-0.05, 0) is 31.7 Å². The second-order valence-corrected chi connectivity index (χ2v) is 7.48. The van der Waals surface area contributed by atoms with Crippen molar-refractivity contribution in [3.63, 3.8) is 0 Å². The zero-order valence-electron chi connectivity index (χ0n) is 9.32. The Labute approximate surface area is 95.1 Å². The van der Waals surface area contributed by atoms with Gasteiger partial charge in [0.1, 0.15) is 0 Å². The van der Waals surface area contributed by atoms with Gasteiger partial charge in [0.2, 0.25) is 7.37 Å². The van der Waals surface area contributed by atoms with Crippen molar-refractivity contribution >= 4 is 16.8 Å². The molecule has 0 aromatic heterocycles. The van der Waals surface area contributed by atoms with Crippen LogP contribution in [-0.2, 0) is 4.57 Å². The van der Waals surface area contributed by atoms with Crippen molar-refractivity contribution < 1.29 is 9.46 Å². The molecular weight excluding hydrogens is 228 g/mol. The van der Waals surface area contributed by atoms with E-state index in [2.05, 4.69) is 14.5 Å². The molecule has 0 aromatic rings. The largest absolute Gasteiger partial charge is 0.344 e. The highest BCUT2D eigenvalue weighted by atomic mass is 31.2. The quantitative estimate of drug-likeness (QED) is 0.563. The summed E-state index contributed by atoms with van der Waals surface area (Å²) in [5.41, 5.74) is 0. The highest BCUT2D eigenvalue weighted by Crippen LogP contribution is 2.45. The van der Waals surface area contributed by atoms with Crippen LogP contribution in [0, 0.1) is 5.92 Å². The number of rotatable bonds is 6. The van der Waals surface area contributed by atoms with Crippen LogP contribution in [0.2, 0.25) is 0 Å². The monoisotopic (exact) mass is 251 g/mol. The first-order chi connectivity index (χ1) is 7.14. The first-order valence-electron chi connectivity index (χ1n) is 5.88. The molecule has 1 rings (SSSR count). The lowest BCUT2D eigenvalue weighted by Gasteiger charge is -2.23. The van der Waals surface area contributed by atoms with E-state index in [1.807, 2.05) is 0 Å². The second-order valence-electron chi connectivity index (χ2n) is 4.56. The lowest BCUT2D eigenvalue weighted by Crippen LogP contribution is -2.13. The van der Waals surface area contributed by atoms with Gasteiger partial charge >= 0.3 is 0 Å². The molecule has 0 radical (unpaired) electrons. The first-order valence-corrected chi connectivity index (χ1v) is 8.49. The van der Waals surface area contributed by atoms with Crippen LogP contribution in [0.25, 0.3) is 0 Å². The minimum atomic E-state index is -2.84. The average Bonchev–Trinajstić information content (AvgIpc) is 2.18. The molecule has 0 aromatic carbocycles. The summed E-state index contributed by atoms with van der Waals surface area (Å²) in [4.78, 5) is 9.81. The fraction of sp³-hybridized carbons (Fsp3) is 1.00. The SMILES string of the molecule is O=P(O)(CCCNP)CC1CCCCC1. The summed E-state index contributed by atoms with van der Waals surface area (Å²) in [6.45, 7) is 0.805. The molecule has 3 nitrogen and oxygen atoms in total. The van der Waals surface area contributed by atoms with Gasteiger partial charge in [0.25, 0.3) is 0 Å². The first kappa shape index (κ1) is 13.6. The Hall–Kier alpha value is 0.580. The van der Waals surface area contributed by atoms with Crippen molar-refractivity contribution in [3.05, 3.63) is 0 Å². The molecule has 90 valence electrons. The molecule has 0 heterocycles. The molecule has 2 atom stereocenters. The Morgan fingerprint density at radius 3 is 2.60 bits per heavy atom. The summed E-state index contributed by atoms with van der Waals surface area (Å²) < 4.78 is 11.9. The van der Waals surface area contributed by atoms with E-state index in [1.54, 1.807) is 0 Å². The lowest BCUT2D eigenvalue weighted by atomic mass is 9.91.